The van der Waals surface area contributed by atoms with Gasteiger partial charge < -0.3 is 10.1 Å². The van der Waals surface area contributed by atoms with Crippen molar-refractivity contribution in [2.24, 2.45) is 0 Å². The van der Waals surface area contributed by atoms with Gasteiger partial charge in [-0.2, -0.15) is 5.10 Å². The maximum atomic E-state index is 12.3. The average Bonchev–Trinajstić information content (AvgIpc) is 3.17. The third-order valence-corrected chi connectivity index (χ3v) is 4.67. The topological polar surface area (TPSA) is 90.3 Å². The molecule has 0 aliphatic carbocycles. The van der Waals surface area contributed by atoms with Crippen LogP contribution in [-0.2, 0) is 9.53 Å². The van der Waals surface area contributed by atoms with E-state index in [1.54, 1.807) is 59.4 Å². The van der Waals surface area contributed by atoms with Gasteiger partial charge >= 0.3 is 5.97 Å². The van der Waals surface area contributed by atoms with Crippen molar-refractivity contribution in [1.29, 1.82) is 0 Å². The fourth-order valence-electron chi connectivity index (χ4n) is 3.02. The quantitative estimate of drug-likeness (QED) is 0.480. The van der Waals surface area contributed by atoms with Gasteiger partial charge in [-0.05, 0) is 49.7 Å². The summed E-state index contributed by atoms with van der Waals surface area (Å²) in [5.74, 6) is -0.990. The predicted octanol–water partition coefficient (Wildman–Crippen LogP) is 3.42. The number of nitrogens with one attached hydrogen (secondary N) is 1. The van der Waals surface area contributed by atoms with Crippen molar-refractivity contribution in [3.63, 3.8) is 0 Å². The van der Waals surface area contributed by atoms with Crippen LogP contribution in [0.25, 0.3) is 5.69 Å². The largest absolute Gasteiger partial charge is 0.454 e. The van der Waals surface area contributed by atoms with Crippen molar-refractivity contribution in [3.05, 3.63) is 83.2 Å². The first-order valence-electron chi connectivity index (χ1n) is 9.53. The second-order valence-corrected chi connectivity index (χ2v) is 6.97. The molecule has 0 aliphatic rings. The van der Waals surface area contributed by atoms with Gasteiger partial charge in [-0.3, -0.25) is 9.59 Å². The lowest BCUT2D eigenvalue weighted by Crippen LogP contribution is -2.23. The molecule has 3 rings (SSSR count). The molecule has 3 aromatic rings. The Morgan fingerprint density at radius 1 is 1.00 bits per heavy atom. The van der Waals surface area contributed by atoms with Gasteiger partial charge in [0, 0.05) is 24.4 Å². The lowest BCUT2D eigenvalue weighted by Gasteiger charge is -2.13. The molecular weight excluding hydrogens is 382 g/mol. The lowest BCUT2D eigenvalue weighted by atomic mass is 10.0. The number of ether oxygens (including phenoxy) is 1. The smallest absolute Gasteiger partial charge is 0.338 e. The number of Topliss-reactive ketones (excluding diaryl/α,β-unsaturated/α-hetero) is 1. The number of esters is 1. The molecule has 0 bridgehead atoms. The second-order valence-electron chi connectivity index (χ2n) is 6.97. The number of carbonyl (C=O) groups excluding carboxylic acids is 3. The highest BCUT2D eigenvalue weighted by Gasteiger charge is 2.13. The van der Waals surface area contributed by atoms with E-state index in [1.165, 1.54) is 6.92 Å². The number of amides is 1. The maximum absolute atomic E-state index is 12.3. The van der Waals surface area contributed by atoms with E-state index in [9.17, 15) is 14.4 Å². The number of ketones is 1. The third-order valence-electron chi connectivity index (χ3n) is 4.67. The maximum Gasteiger partial charge on any atom is 0.338 e. The summed E-state index contributed by atoms with van der Waals surface area (Å²) < 4.78 is 6.92. The summed E-state index contributed by atoms with van der Waals surface area (Å²) in [6, 6.07) is 15.4. The summed E-state index contributed by atoms with van der Waals surface area (Å²) in [5, 5.41) is 7.00. The highest BCUT2D eigenvalue weighted by molar-refractivity contribution is 5.99. The Morgan fingerprint density at radius 3 is 2.20 bits per heavy atom. The Balaban J connectivity index is 1.57. The van der Waals surface area contributed by atoms with Crippen molar-refractivity contribution in [2.45, 2.75) is 26.8 Å². The molecule has 0 spiro atoms. The fourth-order valence-corrected chi connectivity index (χ4v) is 3.02. The van der Waals surface area contributed by atoms with Gasteiger partial charge in [-0.15, -0.1) is 0 Å². The van der Waals surface area contributed by atoms with E-state index in [0.717, 1.165) is 16.9 Å². The van der Waals surface area contributed by atoms with Crippen LogP contribution < -0.4 is 5.32 Å². The average molecular weight is 405 g/mol. The molecule has 1 atom stereocenters. The second kappa shape index (κ2) is 9.17. The molecule has 0 radical (unpaired) electrons. The van der Waals surface area contributed by atoms with Crippen LogP contribution in [-0.4, -0.2) is 34.0 Å². The molecule has 7 nitrogen and oxygen atoms in total. The zero-order valence-electron chi connectivity index (χ0n) is 17.1. The molecule has 1 heterocycles. The van der Waals surface area contributed by atoms with Gasteiger partial charge in [-0.25, -0.2) is 9.48 Å². The zero-order chi connectivity index (χ0) is 21.7. The van der Waals surface area contributed by atoms with Crippen LogP contribution >= 0.6 is 0 Å². The van der Waals surface area contributed by atoms with E-state index < -0.39 is 5.97 Å². The van der Waals surface area contributed by atoms with Crippen LogP contribution in [0, 0.1) is 6.92 Å². The number of aromatic nitrogens is 2. The molecule has 2 aromatic carbocycles. The van der Waals surface area contributed by atoms with Crippen LogP contribution in [0.3, 0.4) is 0 Å². The Morgan fingerprint density at radius 2 is 1.63 bits per heavy atom. The Kier molecular flexibility index (Phi) is 6.41. The van der Waals surface area contributed by atoms with Crippen molar-refractivity contribution >= 4 is 17.7 Å². The van der Waals surface area contributed by atoms with Crippen LogP contribution in [0.4, 0.5) is 0 Å². The monoisotopic (exact) mass is 405 g/mol. The van der Waals surface area contributed by atoms with Gasteiger partial charge in [0.15, 0.2) is 12.4 Å². The minimum absolute atomic E-state index is 0.123. The Hall–Kier alpha value is -3.74. The van der Waals surface area contributed by atoms with Crippen LogP contribution in [0.1, 0.15) is 51.9 Å². The summed E-state index contributed by atoms with van der Waals surface area (Å²) in [4.78, 5) is 35.7. The standard InChI is InChI=1S/C23H23N3O4/c1-15-12-13-24-26(15)21-10-8-20(9-11-21)23(29)30-14-22(28)19-6-4-18(5-7-19)16(2)25-17(3)27/h4-13,16H,14H2,1-3H3,(H,25,27)/t16-/m1/s1. The van der Waals surface area contributed by atoms with E-state index in [0.29, 0.717) is 11.1 Å². The highest BCUT2D eigenvalue weighted by Crippen LogP contribution is 2.15. The van der Waals surface area contributed by atoms with Crippen LogP contribution in [0.2, 0.25) is 0 Å². The normalized spacial score (nSPS) is 11.6. The molecule has 154 valence electrons. The number of benzene rings is 2. The van der Waals surface area contributed by atoms with E-state index in [2.05, 4.69) is 10.4 Å². The number of hydrogen-bond donors (Lipinski definition) is 1. The van der Waals surface area contributed by atoms with Gasteiger partial charge in [0.25, 0.3) is 0 Å². The van der Waals surface area contributed by atoms with E-state index in [-0.39, 0.29) is 24.3 Å². The zero-order valence-corrected chi connectivity index (χ0v) is 17.1. The highest BCUT2D eigenvalue weighted by atomic mass is 16.5. The molecule has 0 aliphatic heterocycles. The Bertz CT molecular complexity index is 1050. The van der Waals surface area contributed by atoms with Crippen LogP contribution in [0.15, 0.2) is 60.8 Å². The van der Waals surface area contributed by atoms with Crippen molar-refractivity contribution < 1.29 is 19.1 Å². The summed E-state index contributed by atoms with van der Waals surface area (Å²) in [5.41, 5.74) is 3.49. The third kappa shape index (κ3) is 5.00. The molecule has 1 aromatic heterocycles. The minimum atomic E-state index is -0.567. The first-order valence-corrected chi connectivity index (χ1v) is 9.53. The molecule has 0 fully saturated rings. The predicted molar refractivity (Wildman–Crippen MR) is 112 cm³/mol. The number of hydrogen-bond acceptors (Lipinski definition) is 5. The SMILES string of the molecule is CC(=O)N[C@H](C)c1ccc(C(=O)COC(=O)c2ccc(-n3nccc3C)cc2)cc1. The van der Waals surface area contributed by atoms with Crippen molar-refractivity contribution in [2.75, 3.05) is 6.61 Å². The molecule has 1 N–H and O–H groups in total. The lowest BCUT2D eigenvalue weighted by molar-refractivity contribution is -0.119. The fraction of sp³-hybridized carbons (Fsp3) is 0.217. The number of carbonyl (C=O) groups is 3. The number of nitrogens with zero attached hydrogens (tertiary/aromatic N) is 2. The van der Waals surface area contributed by atoms with Crippen molar-refractivity contribution in [3.8, 4) is 5.69 Å². The van der Waals surface area contributed by atoms with Gasteiger partial charge in [0.2, 0.25) is 5.91 Å². The number of aryl methyl sites for hydroxylation is 1. The van der Waals surface area contributed by atoms with Crippen molar-refractivity contribution in [1.82, 2.24) is 15.1 Å². The van der Waals surface area contributed by atoms with Gasteiger partial charge in [0.05, 0.1) is 17.3 Å². The van der Waals surface area contributed by atoms with Gasteiger partial charge in [0.1, 0.15) is 0 Å². The summed E-state index contributed by atoms with van der Waals surface area (Å²) in [6.07, 6.45) is 1.70. The van der Waals surface area contributed by atoms with E-state index in [1.807, 2.05) is 19.9 Å². The molecule has 0 saturated carbocycles. The van der Waals surface area contributed by atoms with E-state index in [4.69, 9.17) is 4.74 Å². The minimum Gasteiger partial charge on any atom is -0.454 e. The summed E-state index contributed by atoms with van der Waals surface area (Å²) >= 11 is 0. The van der Waals surface area contributed by atoms with Gasteiger partial charge in [-0.1, -0.05) is 24.3 Å². The molecule has 30 heavy (non-hydrogen) atoms. The molecule has 0 saturated heterocycles. The first kappa shape index (κ1) is 21.0. The first-order chi connectivity index (χ1) is 14.3. The summed E-state index contributed by atoms with van der Waals surface area (Å²) in [7, 11) is 0. The summed E-state index contributed by atoms with van der Waals surface area (Å²) in [6.45, 7) is 4.90. The van der Waals surface area contributed by atoms with E-state index >= 15 is 0 Å². The number of rotatable bonds is 7. The Labute approximate surface area is 174 Å². The molecule has 7 heteroatoms. The molecular formula is C23H23N3O4. The molecule has 0 unspecified atom stereocenters. The van der Waals surface area contributed by atoms with Crippen LogP contribution in [0.5, 0.6) is 0 Å². The molecule has 1 amide bonds.